The third-order valence-electron chi connectivity index (χ3n) is 3.21. The Morgan fingerprint density at radius 1 is 1.00 bits per heavy atom. The molecular formula is C16H22NO3-. The molecular weight excluding hydrogens is 254 g/mol. The first-order valence-corrected chi connectivity index (χ1v) is 7.25. The van der Waals surface area contributed by atoms with E-state index >= 15 is 0 Å². The highest BCUT2D eigenvalue weighted by Crippen LogP contribution is 2.08. The van der Waals surface area contributed by atoms with Crippen molar-refractivity contribution < 1.29 is 14.7 Å². The summed E-state index contributed by atoms with van der Waals surface area (Å²) in [7, 11) is 0. The molecule has 0 bridgehead atoms. The van der Waals surface area contributed by atoms with E-state index in [1.165, 1.54) is 37.8 Å². The number of amides is 1. The summed E-state index contributed by atoms with van der Waals surface area (Å²) in [6, 6.07) is 6.11. The van der Waals surface area contributed by atoms with Crippen LogP contribution in [0.3, 0.4) is 0 Å². The molecule has 0 aromatic heterocycles. The zero-order valence-electron chi connectivity index (χ0n) is 12.0. The number of aromatic carboxylic acids is 1. The minimum atomic E-state index is -1.32. The second-order valence-electron chi connectivity index (χ2n) is 4.86. The number of hydrogen-bond acceptors (Lipinski definition) is 3. The monoisotopic (exact) mass is 276 g/mol. The zero-order valence-corrected chi connectivity index (χ0v) is 12.0. The van der Waals surface area contributed by atoms with E-state index < -0.39 is 5.97 Å². The molecule has 1 rings (SSSR count). The van der Waals surface area contributed by atoms with Crippen molar-refractivity contribution in [1.82, 2.24) is 5.32 Å². The Morgan fingerprint density at radius 2 is 1.60 bits per heavy atom. The van der Waals surface area contributed by atoms with E-state index in [1.807, 2.05) is 0 Å². The van der Waals surface area contributed by atoms with Crippen LogP contribution in [0.2, 0.25) is 0 Å². The number of hydrogen-bond donors (Lipinski definition) is 1. The molecule has 1 amide bonds. The van der Waals surface area contributed by atoms with Crippen molar-refractivity contribution in [1.29, 1.82) is 0 Å². The van der Waals surface area contributed by atoms with Crippen molar-refractivity contribution in [3.63, 3.8) is 0 Å². The molecule has 4 nitrogen and oxygen atoms in total. The van der Waals surface area contributed by atoms with Gasteiger partial charge in [-0.25, -0.2) is 0 Å². The second-order valence-corrected chi connectivity index (χ2v) is 4.86. The quantitative estimate of drug-likeness (QED) is 0.702. The molecule has 0 saturated carbocycles. The van der Waals surface area contributed by atoms with Crippen molar-refractivity contribution in [3.05, 3.63) is 35.4 Å². The summed E-state index contributed by atoms with van der Waals surface area (Å²) in [5.41, 5.74) is 0.103. The SMILES string of the molecule is CCCCCCCCNC(=O)c1ccccc1C(=O)[O-]. The van der Waals surface area contributed by atoms with Crippen LogP contribution in [0.25, 0.3) is 0 Å². The van der Waals surface area contributed by atoms with Gasteiger partial charge in [-0.1, -0.05) is 57.2 Å². The number of carboxylic acid groups (broad SMARTS) is 1. The normalized spacial score (nSPS) is 10.2. The molecule has 0 aliphatic heterocycles. The highest BCUT2D eigenvalue weighted by Gasteiger charge is 2.10. The molecule has 0 atom stereocenters. The Labute approximate surface area is 120 Å². The number of nitrogens with one attached hydrogen (secondary N) is 1. The van der Waals surface area contributed by atoms with Gasteiger partial charge >= 0.3 is 0 Å². The van der Waals surface area contributed by atoms with Gasteiger partial charge < -0.3 is 15.2 Å². The summed E-state index contributed by atoms with van der Waals surface area (Å²) >= 11 is 0. The van der Waals surface area contributed by atoms with Gasteiger partial charge in [0.25, 0.3) is 5.91 Å². The van der Waals surface area contributed by atoms with Gasteiger partial charge in [0.2, 0.25) is 0 Å². The molecule has 0 fully saturated rings. The van der Waals surface area contributed by atoms with E-state index in [0.29, 0.717) is 6.54 Å². The maximum absolute atomic E-state index is 11.9. The Bertz CT molecular complexity index is 443. The van der Waals surface area contributed by atoms with Crippen LogP contribution in [0.1, 0.15) is 66.2 Å². The highest BCUT2D eigenvalue weighted by atomic mass is 16.4. The van der Waals surface area contributed by atoms with Crippen LogP contribution in [-0.2, 0) is 0 Å². The van der Waals surface area contributed by atoms with Gasteiger partial charge in [-0.05, 0) is 12.5 Å². The summed E-state index contributed by atoms with van der Waals surface area (Å²) in [4.78, 5) is 22.8. The molecule has 0 aliphatic rings. The molecule has 1 N–H and O–H groups in total. The predicted molar refractivity (Wildman–Crippen MR) is 76.5 cm³/mol. The second kappa shape index (κ2) is 9.13. The minimum Gasteiger partial charge on any atom is -0.545 e. The zero-order chi connectivity index (χ0) is 14.8. The molecule has 1 aromatic rings. The maximum Gasteiger partial charge on any atom is 0.251 e. The van der Waals surface area contributed by atoms with E-state index in [4.69, 9.17) is 0 Å². The van der Waals surface area contributed by atoms with Crippen molar-refractivity contribution in [3.8, 4) is 0 Å². The third kappa shape index (κ3) is 5.43. The maximum atomic E-state index is 11.9. The Hall–Kier alpha value is -1.84. The van der Waals surface area contributed by atoms with Crippen molar-refractivity contribution in [2.75, 3.05) is 6.54 Å². The Morgan fingerprint density at radius 3 is 2.25 bits per heavy atom. The van der Waals surface area contributed by atoms with Gasteiger partial charge in [0.05, 0.1) is 5.97 Å². The van der Waals surface area contributed by atoms with Gasteiger partial charge in [0.1, 0.15) is 0 Å². The van der Waals surface area contributed by atoms with Gasteiger partial charge in [0.15, 0.2) is 0 Å². The van der Waals surface area contributed by atoms with Crippen LogP contribution in [0.5, 0.6) is 0 Å². The van der Waals surface area contributed by atoms with Crippen molar-refractivity contribution >= 4 is 11.9 Å². The molecule has 1 aromatic carbocycles. The first kappa shape index (κ1) is 16.2. The molecule has 110 valence electrons. The van der Waals surface area contributed by atoms with Crippen LogP contribution in [0, 0.1) is 0 Å². The summed E-state index contributed by atoms with van der Waals surface area (Å²) in [5.74, 6) is -1.67. The average Bonchev–Trinajstić information content (AvgIpc) is 2.46. The fraction of sp³-hybridized carbons (Fsp3) is 0.500. The largest absolute Gasteiger partial charge is 0.545 e. The molecule has 0 saturated heterocycles. The van der Waals surface area contributed by atoms with E-state index in [2.05, 4.69) is 12.2 Å². The molecule has 4 heteroatoms. The lowest BCUT2D eigenvalue weighted by Crippen LogP contribution is -2.30. The smallest absolute Gasteiger partial charge is 0.251 e. The number of carboxylic acids is 1. The molecule has 0 heterocycles. The summed E-state index contributed by atoms with van der Waals surface area (Å²) < 4.78 is 0. The number of carbonyl (C=O) groups is 2. The van der Waals surface area contributed by atoms with Crippen LogP contribution < -0.4 is 10.4 Å². The topological polar surface area (TPSA) is 69.2 Å². The van der Waals surface area contributed by atoms with Gasteiger partial charge in [-0.3, -0.25) is 4.79 Å². The van der Waals surface area contributed by atoms with Crippen molar-refractivity contribution in [2.24, 2.45) is 0 Å². The highest BCUT2D eigenvalue weighted by molar-refractivity contribution is 6.04. The van der Waals surface area contributed by atoms with E-state index in [9.17, 15) is 14.7 Å². The van der Waals surface area contributed by atoms with E-state index in [0.717, 1.165) is 12.8 Å². The number of unbranched alkanes of at least 4 members (excludes halogenated alkanes) is 5. The fourth-order valence-corrected chi connectivity index (χ4v) is 2.06. The molecule has 0 unspecified atom stereocenters. The Kier molecular flexibility index (Phi) is 7.40. The standard InChI is InChI=1S/C16H23NO3/c1-2-3-4-5-6-9-12-17-15(18)13-10-7-8-11-14(13)16(19)20/h7-8,10-11H,2-6,9,12H2,1H3,(H,17,18)(H,19,20)/p-1. The summed E-state index contributed by atoms with van der Waals surface area (Å²) in [6.45, 7) is 2.75. The van der Waals surface area contributed by atoms with E-state index in [1.54, 1.807) is 12.1 Å². The first-order chi connectivity index (χ1) is 9.66. The van der Waals surface area contributed by atoms with Gasteiger partial charge in [0, 0.05) is 17.7 Å². The predicted octanol–water partition coefficient (Wildman–Crippen LogP) is 2.14. The van der Waals surface area contributed by atoms with Gasteiger partial charge in [-0.15, -0.1) is 0 Å². The van der Waals surface area contributed by atoms with E-state index in [-0.39, 0.29) is 17.0 Å². The summed E-state index contributed by atoms with van der Waals surface area (Å²) in [5, 5.41) is 13.7. The Balaban J connectivity index is 2.35. The van der Waals surface area contributed by atoms with Crippen LogP contribution in [0.4, 0.5) is 0 Å². The number of rotatable bonds is 9. The van der Waals surface area contributed by atoms with Crippen LogP contribution in [0.15, 0.2) is 24.3 Å². The average molecular weight is 276 g/mol. The lowest BCUT2D eigenvalue weighted by molar-refractivity contribution is -0.255. The first-order valence-electron chi connectivity index (χ1n) is 7.25. The van der Waals surface area contributed by atoms with Crippen LogP contribution in [-0.4, -0.2) is 18.4 Å². The lowest BCUT2D eigenvalue weighted by Gasteiger charge is -2.10. The minimum absolute atomic E-state index is 0.0621. The number of benzene rings is 1. The molecule has 0 radical (unpaired) electrons. The molecule has 0 aliphatic carbocycles. The molecule has 0 spiro atoms. The number of carbonyl (C=O) groups excluding carboxylic acids is 2. The van der Waals surface area contributed by atoms with Crippen LogP contribution >= 0.6 is 0 Å². The fourth-order valence-electron chi connectivity index (χ4n) is 2.06. The molecule has 20 heavy (non-hydrogen) atoms. The third-order valence-corrected chi connectivity index (χ3v) is 3.21. The summed E-state index contributed by atoms with van der Waals surface area (Å²) in [6.07, 6.45) is 6.89. The lowest BCUT2D eigenvalue weighted by atomic mass is 10.1. The van der Waals surface area contributed by atoms with Gasteiger partial charge in [-0.2, -0.15) is 0 Å². The van der Waals surface area contributed by atoms with Crippen molar-refractivity contribution in [2.45, 2.75) is 45.4 Å².